The van der Waals surface area contributed by atoms with Crippen LogP contribution in [0.3, 0.4) is 0 Å². The van der Waals surface area contributed by atoms with E-state index in [-0.39, 0.29) is 0 Å². The first-order chi connectivity index (χ1) is 11.3. The number of rotatable bonds is 7. The summed E-state index contributed by atoms with van der Waals surface area (Å²) in [5, 5.41) is 0.606. The summed E-state index contributed by atoms with van der Waals surface area (Å²) in [4.78, 5) is 4.69. The Morgan fingerprint density at radius 2 is 1.87 bits per heavy atom. The second-order valence-electron chi connectivity index (χ2n) is 5.23. The number of methoxy groups -OCH3 is 1. The highest BCUT2D eigenvalue weighted by atomic mass is 35.5. The van der Waals surface area contributed by atoms with Gasteiger partial charge in [0.25, 0.3) is 0 Å². The van der Waals surface area contributed by atoms with Crippen molar-refractivity contribution >= 4 is 22.6 Å². The van der Waals surface area contributed by atoms with Gasteiger partial charge in [-0.2, -0.15) is 0 Å². The molecule has 0 aliphatic carbocycles. The summed E-state index contributed by atoms with van der Waals surface area (Å²) in [6.07, 6.45) is 0.927. The van der Waals surface area contributed by atoms with Crippen LogP contribution in [0.5, 0.6) is 5.75 Å². The molecule has 3 aromatic rings. The Balaban J connectivity index is 1.84. The maximum Gasteiger partial charge on any atom is 0.148 e. The molecule has 5 heteroatoms. The minimum Gasteiger partial charge on any atom is -0.484 e. The summed E-state index contributed by atoms with van der Waals surface area (Å²) in [5.41, 5.74) is 2.09. The Morgan fingerprint density at radius 1 is 1.09 bits per heavy atom. The van der Waals surface area contributed by atoms with Gasteiger partial charge in [0.1, 0.15) is 18.2 Å². The lowest BCUT2D eigenvalue weighted by atomic mass is 10.3. The highest BCUT2D eigenvalue weighted by Gasteiger charge is 2.11. The van der Waals surface area contributed by atoms with Crippen LogP contribution in [0.15, 0.2) is 48.5 Å². The van der Waals surface area contributed by atoms with Gasteiger partial charge in [0, 0.05) is 20.3 Å². The first-order valence-corrected chi connectivity index (χ1v) is 7.98. The van der Waals surface area contributed by atoms with Crippen LogP contribution in [0.2, 0.25) is 5.02 Å². The fourth-order valence-electron chi connectivity index (χ4n) is 2.56. The minimum absolute atomic E-state index is 0.380. The van der Waals surface area contributed by atoms with Gasteiger partial charge in [-0.25, -0.2) is 4.98 Å². The van der Waals surface area contributed by atoms with Gasteiger partial charge in [0.15, 0.2) is 0 Å². The lowest BCUT2D eigenvalue weighted by molar-refractivity contribution is 0.189. The van der Waals surface area contributed by atoms with Gasteiger partial charge in [0.05, 0.1) is 16.1 Å². The largest absolute Gasteiger partial charge is 0.484 e. The van der Waals surface area contributed by atoms with E-state index in [9.17, 15) is 0 Å². The van der Waals surface area contributed by atoms with Gasteiger partial charge < -0.3 is 14.0 Å². The van der Waals surface area contributed by atoms with Crippen LogP contribution in [-0.4, -0.2) is 23.3 Å². The first-order valence-electron chi connectivity index (χ1n) is 7.60. The highest BCUT2D eigenvalue weighted by molar-refractivity contribution is 6.32. The Morgan fingerprint density at radius 3 is 2.70 bits per heavy atom. The van der Waals surface area contributed by atoms with Crippen LogP contribution in [-0.2, 0) is 17.9 Å². The first kappa shape index (κ1) is 15.8. The molecular formula is C18H19ClN2O2. The van der Waals surface area contributed by atoms with E-state index < -0.39 is 0 Å². The van der Waals surface area contributed by atoms with Crippen molar-refractivity contribution in [3.05, 3.63) is 59.4 Å². The number of ether oxygens (including phenoxy) is 2. The van der Waals surface area contributed by atoms with Crippen LogP contribution in [0.4, 0.5) is 0 Å². The number of aryl methyl sites for hydroxylation is 1. The molecule has 0 radical (unpaired) electrons. The third-order valence-electron chi connectivity index (χ3n) is 3.66. The zero-order valence-corrected chi connectivity index (χ0v) is 13.8. The number of para-hydroxylation sites is 3. The normalized spacial score (nSPS) is 11.0. The second kappa shape index (κ2) is 7.49. The van der Waals surface area contributed by atoms with E-state index in [2.05, 4.69) is 10.6 Å². The average molecular weight is 331 g/mol. The Labute approximate surface area is 140 Å². The van der Waals surface area contributed by atoms with E-state index in [1.54, 1.807) is 7.11 Å². The molecule has 0 atom stereocenters. The summed E-state index contributed by atoms with van der Waals surface area (Å²) in [6, 6.07) is 15.6. The van der Waals surface area contributed by atoms with E-state index in [1.165, 1.54) is 0 Å². The molecule has 120 valence electrons. The number of hydrogen-bond donors (Lipinski definition) is 0. The van der Waals surface area contributed by atoms with Crippen molar-refractivity contribution in [2.45, 2.75) is 19.6 Å². The maximum atomic E-state index is 6.14. The number of benzene rings is 2. The Kier molecular flexibility index (Phi) is 5.16. The molecule has 3 rings (SSSR count). The van der Waals surface area contributed by atoms with Crippen LogP contribution >= 0.6 is 11.6 Å². The molecule has 0 aliphatic heterocycles. The molecule has 1 aromatic heterocycles. The van der Waals surface area contributed by atoms with Crippen LogP contribution in [0.1, 0.15) is 12.2 Å². The predicted molar refractivity (Wildman–Crippen MR) is 92.0 cm³/mol. The summed E-state index contributed by atoms with van der Waals surface area (Å²) >= 11 is 6.14. The van der Waals surface area contributed by atoms with E-state index in [1.807, 2.05) is 42.5 Å². The molecule has 23 heavy (non-hydrogen) atoms. The molecule has 2 aromatic carbocycles. The number of hydrogen-bond acceptors (Lipinski definition) is 3. The maximum absolute atomic E-state index is 6.14. The molecule has 0 bridgehead atoms. The third-order valence-corrected chi connectivity index (χ3v) is 3.97. The number of aromatic nitrogens is 2. The quantitative estimate of drug-likeness (QED) is 0.606. The van der Waals surface area contributed by atoms with Crippen molar-refractivity contribution < 1.29 is 9.47 Å². The zero-order valence-electron chi connectivity index (χ0n) is 13.0. The molecule has 0 saturated heterocycles. The third kappa shape index (κ3) is 3.66. The summed E-state index contributed by atoms with van der Waals surface area (Å²) in [6.45, 7) is 1.94. The van der Waals surface area contributed by atoms with Gasteiger partial charge in [-0.15, -0.1) is 0 Å². The highest BCUT2D eigenvalue weighted by Crippen LogP contribution is 2.25. The summed E-state index contributed by atoms with van der Waals surface area (Å²) in [7, 11) is 1.72. The summed E-state index contributed by atoms with van der Waals surface area (Å²) < 4.78 is 13.2. The molecule has 0 unspecified atom stereocenters. The SMILES string of the molecule is COCCCn1c(COc2ccccc2Cl)nc2ccccc21. The van der Waals surface area contributed by atoms with Crippen LogP contribution < -0.4 is 4.74 Å². The van der Waals surface area contributed by atoms with Gasteiger partial charge in [-0.1, -0.05) is 35.9 Å². The molecule has 0 fully saturated rings. The van der Waals surface area contributed by atoms with Gasteiger partial charge >= 0.3 is 0 Å². The molecule has 0 spiro atoms. The monoisotopic (exact) mass is 330 g/mol. The lowest BCUT2D eigenvalue weighted by Gasteiger charge is -2.11. The Bertz CT molecular complexity index is 786. The fraction of sp³-hybridized carbons (Fsp3) is 0.278. The molecular weight excluding hydrogens is 312 g/mol. The lowest BCUT2D eigenvalue weighted by Crippen LogP contribution is -2.09. The van der Waals surface area contributed by atoms with Crippen molar-refractivity contribution in [3.8, 4) is 5.75 Å². The summed E-state index contributed by atoms with van der Waals surface area (Å²) in [5.74, 6) is 1.56. The molecule has 0 aliphatic rings. The van der Waals surface area contributed by atoms with E-state index in [0.717, 1.165) is 36.4 Å². The van der Waals surface area contributed by atoms with Gasteiger partial charge in [0.2, 0.25) is 0 Å². The smallest absolute Gasteiger partial charge is 0.148 e. The van der Waals surface area contributed by atoms with Crippen molar-refractivity contribution in [2.75, 3.05) is 13.7 Å². The van der Waals surface area contributed by atoms with E-state index in [4.69, 9.17) is 26.1 Å². The van der Waals surface area contributed by atoms with E-state index in [0.29, 0.717) is 17.4 Å². The van der Waals surface area contributed by atoms with Crippen LogP contribution in [0, 0.1) is 0 Å². The molecule has 4 nitrogen and oxygen atoms in total. The van der Waals surface area contributed by atoms with Crippen molar-refractivity contribution in [1.82, 2.24) is 9.55 Å². The van der Waals surface area contributed by atoms with Gasteiger partial charge in [-0.05, 0) is 30.7 Å². The van der Waals surface area contributed by atoms with E-state index >= 15 is 0 Å². The number of nitrogens with zero attached hydrogens (tertiary/aromatic N) is 2. The van der Waals surface area contributed by atoms with Gasteiger partial charge in [-0.3, -0.25) is 0 Å². The number of fused-ring (bicyclic) bond motifs is 1. The molecule has 1 heterocycles. The van der Waals surface area contributed by atoms with Crippen molar-refractivity contribution in [1.29, 1.82) is 0 Å². The number of halogens is 1. The average Bonchev–Trinajstić information content (AvgIpc) is 2.92. The molecule has 0 amide bonds. The Hall–Kier alpha value is -2.04. The zero-order chi connectivity index (χ0) is 16.1. The fourth-order valence-corrected chi connectivity index (χ4v) is 2.75. The van der Waals surface area contributed by atoms with Crippen LogP contribution in [0.25, 0.3) is 11.0 Å². The molecule has 0 N–H and O–H groups in total. The van der Waals surface area contributed by atoms with Crippen molar-refractivity contribution in [2.24, 2.45) is 0 Å². The minimum atomic E-state index is 0.380. The topological polar surface area (TPSA) is 36.3 Å². The number of imidazole rings is 1. The standard InChI is InChI=1S/C18H19ClN2O2/c1-22-12-6-11-21-16-9-4-3-8-15(16)20-18(21)13-23-17-10-5-2-7-14(17)19/h2-5,7-10H,6,11-13H2,1H3. The molecule has 0 saturated carbocycles. The van der Waals surface area contributed by atoms with Crippen molar-refractivity contribution in [3.63, 3.8) is 0 Å². The predicted octanol–water partition coefficient (Wildman–Crippen LogP) is 4.31. The second-order valence-corrected chi connectivity index (χ2v) is 5.64.